The molecular weight excluding hydrogens is 261 g/mol. The first-order valence-electron chi connectivity index (χ1n) is 3.53. The van der Waals surface area contributed by atoms with E-state index in [9.17, 15) is 13.2 Å². The van der Waals surface area contributed by atoms with Crippen molar-refractivity contribution in [2.45, 2.75) is 11.8 Å². The van der Waals surface area contributed by atoms with Gasteiger partial charge < -0.3 is 0 Å². The van der Waals surface area contributed by atoms with Gasteiger partial charge >= 0.3 is 0 Å². The van der Waals surface area contributed by atoms with Gasteiger partial charge in [0.1, 0.15) is 11.8 Å². The zero-order chi connectivity index (χ0) is 10.7. The maximum absolute atomic E-state index is 12.9. The molecule has 1 aromatic heterocycles. The summed E-state index contributed by atoms with van der Waals surface area (Å²) in [5.74, 6) is -1.09. The third-order valence-electron chi connectivity index (χ3n) is 1.63. The van der Waals surface area contributed by atoms with Crippen LogP contribution in [0.4, 0.5) is 13.2 Å². The summed E-state index contributed by atoms with van der Waals surface area (Å²) in [5.41, 5.74) is -1.03. The number of nitrogens with zero attached hydrogens (tertiary/aromatic N) is 2. The van der Waals surface area contributed by atoms with Crippen molar-refractivity contribution in [3.63, 3.8) is 0 Å². The first-order chi connectivity index (χ1) is 6.61. The third kappa shape index (κ3) is 1.87. The second kappa shape index (κ2) is 4.42. The van der Waals surface area contributed by atoms with Gasteiger partial charge in [-0.15, -0.1) is 0 Å². The average molecular weight is 265 g/mol. The van der Waals surface area contributed by atoms with E-state index in [1.165, 1.54) is 0 Å². The number of alkyl halides is 3. The standard InChI is InChI=1S/C8H4BrF3N2/c9-1-4-6(2-13)14-3-5(10)7(4)8(11)12/h3,8H,1H2. The highest BCUT2D eigenvalue weighted by molar-refractivity contribution is 9.08. The summed E-state index contributed by atoms with van der Waals surface area (Å²) in [6.07, 6.45) is -2.32. The molecule has 0 saturated heterocycles. The smallest absolute Gasteiger partial charge is 0.242 e. The molecule has 2 nitrogen and oxygen atoms in total. The van der Waals surface area contributed by atoms with E-state index in [-0.39, 0.29) is 16.6 Å². The highest BCUT2D eigenvalue weighted by Gasteiger charge is 2.21. The van der Waals surface area contributed by atoms with Gasteiger partial charge in [-0.05, 0) is 0 Å². The van der Waals surface area contributed by atoms with Crippen molar-refractivity contribution in [1.29, 1.82) is 5.26 Å². The average Bonchev–Trinajstić information content (AvgIpc) is 2.16. The minimum Gasteiger partial charge on any atom is -0.242 e. The Morgan fingerprint density at radius 1 is 1.57 bits per heavy atom. The molecule has 0 amide bonds. The van der Waals surface area contributed by atoms with E-state index in [0.29, 0.717) is 6.20 Å². The van der Waals surface area contributed by atoms with Gasteiger partial charge in [-0.1, -0.05) is 15.9 Å². The van der Waals surface area contributed by atoms with Gasteiger partial charge in [-0.3, -0.25) is 0 Å². The van der Waals surface area contributed by atoms with Crippen LogP contribution in [0.3, 0.4) is 0 Å². The molecule has 0 aromatic carbocycles. The van der Waals surface area contributed by atoms with Crippen LogP contribution in [0.15, 0.2) is 6.20 Å². The van der Waals surface area contributed by atoms with Crippen LogP contribution < -0.4 is 0 Å². The lowest BCUT2D eigenvalue weighted by Crippen LogP contribution is -2.02. The maximum Gasteiger partial charge on any atom is 0.267 e. The number of rotatable bonds is 2. The summed E-state index contributed by atoms with van der Waals surface area (Å²) in [5, 5.41) is 8.52. The molecule has 0 unspecified atom stereocenters. The van der Waals surface area contributed by atoms with E-state index in [0.717, 1.165) is 0 Å². The van der Waals surface area contributed by atoms with Crippen molar-refractivity contribution in [1.82, 2.24) is 4.98 Å². The van der Waals surface area contributed by atoms with Gasteiger partial charge in [0.25, 0.3) is 6.43 Å². The zero-order valence-electron chi connectivity index (χ0n) is 6.77. The summed E-state index contributed by atoms with van der Waals surface area (Å²) in [6, 6.07) is 1.63. The lowest BCUT2D eigenvalue weighted by atomic mass is 10.1. The largest absolute Gasteiger partial charge is 0.267 e. The molecule has 74 valence electrons. The van der Waals surface area contributed by atoms with Gasteiger partial charge in [0.2, 0.25) is 0 Å². The van der Waals surface area contributed by atoms with Gasteiger partial charge in [-0.25, -0.2) is 18.2 Å². The Bertz CT molecular complexity index is 387. The lowest BCUT2D eigenvalue weighted by molar-refractivity contribution is 0.145. The summed E-state index contributed by atoms with van der Waals surface area (Å²) in [4.78, 5) is 3.41. The van der Waals surface area contributed by atoms with Gasteiger partial charge in [0, 0.05) is 10.9 Å². The van der Waals surface area contributed by atoms with Crippen LogP contribution >= 0.6 is 15.9 Å². The molecule has 0 aliphatic carbocycles. The highest BCUT2D eigenvalue weighted by Crippen LogP contribution is 2.28. The Balaban J connectivity index is 3.45. The maximum atomic E-state index is 12.9. The van der Waals surface area contributed by atoms with Crippen LogP contribution in [0.5, 0.6) is 0 Å². The topological polar surface area (TPSA) is 36.7 Å². The molecule has 0 aliphatic rings. The second-order valence-corrected chi connectivity index (χ2v) is 2.95. The van der Waals surface area contributed by atoms with Gasteiger partial charge in [0.15, 0.2) is 5.82 Å². The van der Waals surface area contributed by atoms with Crippen molar-refractivity contribution >= 4 is 15.9 Å². The number of hydrogen-bond donors (Lipinski definition) is 0. The lowest BCUT2D eigenvalue weighted by Gasteiger charge is -2.07. The van der Waals surface area contributed by atoms with Crippen molar-refractivity contribution in [3.8, 4) is 6.07 Å². The fraction of sp³-hybridized carbons (Fsp3) is 0.250. The molecule has 0 atom stereocenters. The van der Waals surface area contributed by atoms with Crippen molar-refractivity contribution in [2.75, 3.05) is 0 Å². The quantitative estimate of drug-likeness (QED) is 0.771. The molecule has 0 aliphatic heterocycles. The van der Waals surface area contributed by atoms with Crippen LogP contribution in [0.1, 0.15) is 23.2 Å². The van der Waals surface area contributed by atoms with Gasteiger partial charge in [-0.2, -0.15) is 5.26 Å². The van der Waals surface area contributed by atoms with Crippen LogP contribution in [-0.2, 0) is 5.33 Å². The molecule has 0 spiro atoms. The Labute approximate surface area is 86.5 Å². The minimum atomic E-state index is -2.95. The molecule has 0 bridgehead atoms. The normalized spacial score (nSPS) is 10.3. The number of aromatic nitrogens is 1. The molecule has 14 heavy (non-hydrogen) atoms. The Morgan fingerprint density at radius 2 is 2.21 bits per heavy atom. The van der Waals surface area contributed by atoms with E-state index in [4.69, 9.17) is 5.26 Å². The fourth-order valence-electron chi connectivity index (χ4n) is 1.01. The second-order valence-electron chi connectivity index (χ2n) is 2.39. The van der Waals surface area contributed by atoms with E-state index in [2.05, 4.69) is 20.9 Å². The van der Waals surface area contributed by atoms with Crippen LogP contribution in [0.2, 0.25) is 0 Å². The summed E-state index contributed by atoms with van der Waals surface area (Å²) in [7, 11) is 0. The summed E-state index contributed by atoms with van der Waals surface area (Å²) in [6.45, 7) is 0. The monoisotopic (exact) mass is 264 g/mol. The van der Waals surface area contributed by atoms with E-state index < -0.39 is 17.8 Å². The molecule has 1 rings (SSSR count). The molecule has 0 radical (unpaired) electrons. The molecule has 1 aromatic rings. The molecule has 0 fully saturated rings. The van der Waals surface area contributed by atoms with E-state index >= 15 is 0 Å². The van der Waals surface area contributed by atoms with Gasteiger partial charge in [0.05, 0.1) is 11.8 Å². The van der Waals surface area contributed by atoms with E-state index in [1.807, 2.05) is 0 Å². The van der Waals surface area contributed by atoms with Crippen molar-refractivity contribution < 1.29 is 13.2 Å². The molecular formula is C8H4BrF3N2. The Kier molecular flexibility index (Phi) is 3.47. The number of pyridine rings is 1. The predicted molar refractivity (Wildman–Crippen MR) is 46.5 cm³/mol. The SMILES string of the molecule is N#Cc1ncc(F)c(C(F)F)c1CBr. The first kappa shape index (κ1) is 11.0. The van der Waals surface area contributed by atoms with Crippen molar-refractivity contribution in [3.05, 3.63) is 28.8 Å². The summed E-state index contributed by atoms with van der Waals surface area (Å²) >= 11 is 2.91. The van der Waals surface area contributed by atoms with Crippen LogP contribution in [-0.4, -0.2) is 4.98 Å². The number of hydrogen-bond acceptors (Lipinski definition) is 2. The molecule has 1 heterocycles. The predicted octanol–water partition coefficient (Wildman–Crippen LogP) is 2.92. The molecule has 6 heteroatoms. The molecule has 0 saturated carbocycles. The number of halogens is 4. The Hall–Kier alpha value is -1.09. The van der Waals surface area contributed by atoms with Crippen molar-refractivity contribution in [2.24, 2.45) is 0 Å². The van der Waals surface area contributed by atoms with Crippen LogP contribution in [0.25, 0.3) is 0 Å². The number of nitriles is 1. The summed E-state index contributed by atoms with van der Waals surface area (Å²) < 4.78 is 37.7. The van der Waals surface area contributed by atoms with E-state index in [1.54, 1.807) is 6.07 Å². The highest BCUT2D eigenvalue weighted by atomic mass is 79.9. The van der Waals surface area contributed by atoms with Crippen LogP contribution in [0, 0.1) is 17.1 Å². The molecule has 0 N–H and O–H groups in total. The minimum absolute atomic E-state index is 0.0275. The first-order valence-corrected chi connectivity index (χ1v) is 4.65. The third-order valence-corrected chi connectivity index (χ3v) is 2.19. The Morgan fingerprint density at radius 3 is 2.64 bits per heavy atom. The zero-order valence-corrected chi connectivity index (χ0v) is 8.35. The fourth-order valence-corrected chi connectivity index (χ4v) is 1.58.